The molecule has 1 unspecified atom stereocenters. The summed E-state index contributed by atoms with van der Waals surface area (Å²) in [5.41, 5.74) is 3.19. The topological polar surface area (TPSA) is 109 Å². The van der Waals surface area contributed by atoms with Crippen LogP contribution in [0.3, 0.4) is 0 Å². The number of carbonyl (C=O) groups excluding carboxylic acids is 1. The molecule has 2 aromatic carbocycles. The molecule has 7 rings (SSSR count). The van der Waals surface area contributed by atoms with E-state index in [0.29, 0.717) is 29.7 Å². The number of hydrogen-bond donors (Lipinski definition) is 2. The Morgan fingerprint density at radius 3 is 2.86 bits per heavy atom. The molecule has 1 aliphatic heterocycles. The van der Waals surface area contributed by atoms with Crippen LogP contribution < -0.4 is 5.32 Å². The summed E-state index contributed by atoms with van der Waals surface area (Å²) in [5, 5.41) is 14.5. The van der Waals surface area contributed by atoms with E-state index in [0.717, 1.165) is 54.3 Å². The van der Waals surface area contributed by atoms with Gasteiger partial charge in [0.2, 0.25) is 11.9 Å². The zero-order valence-corrected chi connectivity index (χ0v) is 20.2. The maximum atomic E-state index is 12.6. The van der Waals surface area contributed by atoms with Crippen molar-refractivity contribution >= 4 is 33.9 Å². The van der Waals surface area contributed by atoms with Gasteiger partial charge < -0.3 is 19.7 Å². The largest absolute Gasteiger partial charge is 0.508 e. The molecule has 0 bridgehead atoms. The predicted octanol–water partition coefficient (Wildman–Crippen LogP) is 4.75. The van der Waals surface area contributed by atoms with Crippen molar-refractivity contribution in [3.63, 3.8) is 0 Å². The van der Waals surface area contributed by atoms with E-state index in [9.17, 15) is 9.90 Å². The van der Waals surface area contributed by atoms with Crippen LogP contribution in [0.5, 0.6) is 5.75 Å². The number of amides is 1. The summed E-state index contributed by atoms with van der Waals surface area (Å²) in [6, 6.07) is 14.9. The quantitative estimate of drug-likeness (QED) is 0.363. The van der Waals surface area contributed by atoms with Gasteiger partial charge in [0.25, 0.3) is 0 Å². The van der Waals surface area contributed by atoms with E-state index in [4.69, 9.17) is 14.4 Å². The van der Waals surface area contributed by atoms with Gasteiger partial charge in [0, 0.05) is 48.3 Å². The van der Waals surface area contributed by atoms with Gasteiger partial charge in [-0.3, -0.25) is 9.36 Å². The van der Waals surface area contributed by atoms with Crippen LogP contribution in [0.1, 0.15) is 25.7 Å². The van der Waals surface area contributed by atoms with Crippen LogP contribution in [0, 0.1) is 5.92 Å². The number of fused-ring (bicyclic) bond motifs is 2. The van der Waals surface area contributed by atoms with Crippen molar-refractivity contribution in [2.45, 2.75) is 31.7 Å². The number of nitrogens with zero attached hydrogens (tertiary/aromatic N) is 5. The van der Waals surface area contributed by atoms with Crippen molar-refractivity contribution in [1.29, 1.82) is 0 Å². The molecule has 1 aliphatic carbocycles. The Hall–Kier alpha value is -4.40. The molecule has 0 radical (unpaired) electrons. The summed E-state index contributed by atoms with van der Waals surface area (Å²) in [7, 11) is 0. The smallest absolute Gasteiger partial charge is 0.225 e. The number of aromatic nitrogens is 4. The van der Waals surface area contributed by atoms with E-state index in [1.807, 2.05) is 45.9 Å². The second-order valence-corrected chi connectivity index (χ2v) is 9.90. The minimum atomic E-state index is 0.103. The third-order valence-corrected chi connectivity index (χ3v) is 7.21. The maximum absolute atomic E-state index is 12.6. The molecular formula is C28H26N6O3. The molecule has 0 spiro atoms. The van der Waals surface area contributed by atoms with Crippen LogP contribution in [0.4, 0.5) is 5.95 Å². The average Bonchev–Trinajstić information content (AvgIpc) is 3.54. The fourth-order valence-corrected chi connectivity index (χ4v) is 5.21. The Morgan fingerprint density at radius 2 is 1.97 bits per heavy atom. The lowest BCUT2D eigenvalue weighted by Crippen LogP contribution is -2.45. The Labute approximate surface area is 212 Å². The molecule has 2 aliphatic rings. The molecule has 2 fully saturated rings. The van der Waals surface area contributed by atoms with Gasteiger partial charge in [-0.15, -0.1) is 0 Å². The first-order valence-corrected chi connectivity index (χ1v) is 12.7. The second kappa shape index (κ2) is 8.62. The number of rotatable bonds is 5. The van der Waals surface area contributed by atoms with Gasteiger partial charge in [0.1, 0.15) is 23.0 Å². The highest BCUT2D eigenvalue weighted by Crippen LogP contribution is 2.33. The summed E-state index contributed by atoms with van der Waals surface area (Å²) in [6.07, 6.45) is 7.37. The number of imidazole rings is 1. The van der Waals surface area contributed by atoms with Crippen LogP contribution in [-0.2, 0) is 4.79 Å². The molecule has 9 heteroatoms. The monoisotopic (exact) mass is 494 g/mol. The van der Waals surface area contributed by atoms with Crippen molar-refractivity contribution in [2.75, 3.05) is 18.4 Å². The van der Waals surface area contributed by atoms with Gasteiger partial charge >= 0.3 is 0 Å². The van der Waals surface area contributed by atoms with E-state index in [1.54, 1.807) is 24.6 Å². The SMILES string of the molecule is O=C(C1CC1)N1CCCC(Nc2nccc(-n3c(-c4ccc5occc5c4)nc4cc(O)ccc43)n2)C1. The lowest BCUT2D eigenvalue weighted by molar-refractivity contribution is -0.133. The minimum absolute atomic E-state index is 0.103. The van der Waals surface area contributed by atoms with E-state index in [1.165, 1.54) is 0 Å². The number of likely N-dealkylation sites (tertiary alicyclic amines) is 1. The zero-order valence-electron chi connectivity index (χ0n) is 20.2. The van der Waals surface area contributed by atoms with Gasteiger partial charge in [-0.2, -0.15) is 4.98 Å². The number of piperidine rings is 1. The number of anilines is 1. The van der Waals surface area contributed by atoms with Crippen molar-refractivity contribution in [1.82, 2.24) is 24.4 Å². The molecule has 2 N–H and O–H groups in total. The molecule has 1 atom stereocenters. The number of furan rings is 1. The number of aromatic hydroxyl groups is 1. The van der Waals surface area contributed by atoms with Gasteiger partial charge in [-0.1, -0.05) is 0 Å². The average molecular weight is 495 g/mol. The van der Waals surface area contributed by atoms with E-state index < -0.39 is 0 Å². The van der Waals surface area contributed by atoms with Crippen LogP contribution in [0.25, 0.3) is 39.2 Å². The fraction of sp³-hybridized carbons (Fsp3) is 0.286. The van der Waals surface area contributed by atoms with Crippen LogP contribution >= 0.6 is 0 Å². The first-order chi connectivity index (χ1) is 18.1. The minimum Gasteiger partial charge on any atom is -0.508 e. The van der Waals surface area contributed by atoms with E-state index in [-0.39, 0.29) is 23.6 Å². The van der Waals surface area contributed by atoms with Crippen LogP contribution in [0.2, 0.25) is 0 Å². The number of hydrogen-bond acceptors (Lipinski definition) is 7. The highest BCUT2D eigenvalue weighted by Gasteiger charge is 2.35. The summed E-state index contributed by atoms with van der Waals surface area (Å²) in [6.45, 7) is 1.50. The van der Waals surface area contributed by atoms with Crippen molar-refractivity contribution < 1.29 is 14.3 Å². The number of phenolic OH excluding ortho intramolecular Hbond substituents is 1. The van der Waals surface area contributed by atoms with Gasteiger partial charge in [0.05, 0.1) is 17.3 Å². The van der Waals surface area contributed by atoms with Crippen LogP contribution in [0.15, 0.2) is 65.4 Å². The number of carbonyl (C=O) groups is 1. The second-order valence-electron chi connectivity index (χ2n) is 9.90. The number of nitrogens with one attached hydrogen (secondary N) is 1. The Morgan fingerprint density at radius 1 is 1.05 bits per heavy atom. The highest BCUT2D eigenvalue weighted by molar-refractivity contribution is 5.87. The van der Waals surface area contributed by atoms with Gasteiger partial charge in [-0.05, 0) is 68.1 Å². The lowest BCUT2D eigenvalue weighted by atomic mass is 10.1. The summed E-state index contributed by atoms with van der Waals surface area (Å²) in [5.74, 6) is 2.55. The van der Waals surface area contributed by atoms with Crippen LogP contribution in [-0.4, -0.2) is 54.6 Å². The molecule has 1 amide bonds. The third-order valence-electron chi connectivity index (χ3n) is 7.21. The normalized spacial score (nSPS) is 17.9. The Kier molecular flexibility index (Phi) is 5.09. The van der Waals surface area contributed by atoms with Crippen molar-refractivity contribution in [2.24, 2.45) is 5.92 Å². The highest BCUT2D eigenvalue weighted by atomic mass is 16.3. The fourth-order valence-electron chi connectivity index (χ4n) is 5.21. The molecule has 186 valence electrons. The summed E-state index contributed by atoms with van der Waals surface area (Å²) in [4.78, 5) is 28.8. The van der Waals surface area contributed by atoms with E-state index in [2.05, 4.69) is 10.3 Å². The van der Waals surface area contributed by atoms with Crippen molar-refractivity contribution in [3.05, 3.63) is 61.0 Å². The summed E-state index contributed by atoms with van der Waals surface area (Å²) >= 11 is 0. The molecule has 37 heavy (non-hydrogen) atoms. The number of phenols is 1. The van der Waals surface area contributed by atoms with Gasteiger partial charge in [0.15, 0.2) is 0 Å². The molecule has 4 heterocycles. The maximum Gasteiger partial charge on any atom is 0.225 e. The molecular weight excluding hydrogens is 468 g/mol. The zero-order chi connectivity index (χ0) is 24.9. The van der Waals surface area contributed by atoms with Crippen molar-refractivity contribution in [3.8, 4) is 23.0 Å². The van der Waals surface area contributed by atoms with Gasteiger partial charge in [-0.25, -0.2) is 9.97 Å². The number of benzene rings is 2. The third kappa shape index (κ3) is 4.06. The molecule has 9 nitrogen and oxygen atoms in total. The molecule has 1 saturated carbocycles. The first kappa shape index (κ1) is 21.8. The summed E-state index contributed by atoms with van der Waals surface area (Å²) < 4.78 is 7.49. The first-order valence-electron chi connectivity index (χ1n) is 12.7. The van der Waals surface area contributed by atoms with E-state index >= 15 is 0 Å². The predicted molar refractivity (Wildman–Crippen MR) is 139 cm³/mol. The Balaban J connectivity index is 1.25. The standard InChI is InChI=1S/C28H26N6O3/c35-21-6-7-23-22(15-21)31-26(19-5-8-24-18(14-19)10-13-37-24)34(23)25-9-11-29-28(32-25)30-20-2-1-12-33(16-20)27(36)17-3-4-17/h5-11,13-15,17,20,35H,1-4,12,16H2,(H,29,30,32). The lowest BCUT2D eigenvalue weighted by Gasteiger charge is -2.33. The Bertz CT molecular complexity index is 1640. The molecule has 3 aromatic heterocycles. The molecule has 5 aromatic rings. The molecule has 1 saturated heterocycles.